The molecule has 0 saturated heterocycles. The molecule has 0 unspecified atom stereocenters. The van der Waals surface area contributed by atoms with Crippen LogP contribution < -0.4 is 10.0 Å². The minimum absolute atomic E-state index is 0.339. The van der Waals surface area contributed by atoms with Crippen LogP contribution in [0.1, 0.15) is 64.2 Å². The Hall–Kier alpha value is -6.68. The lowest BCUT2D eigenvalue weighted by atomic mass is 10.1. The molecule has 0 fully saturated rings. The first-order chi connectivity index (χ1) is 22.4. The highest BCUT2D eigenvalue weighted by molar-refractivity contribution is 6.32. The standard InChI is InChI=1S/C36H20N6O4/c43-33-29-5-1-2-6-30(29)34(44)41(33)39-25-13-14-26(39)18-22-10-12-24(38-22)20-28-16-15-27(19-23-11-9-21(17-25)37-23)40(28)42-35(45)31-7-3-4-8-32(31)36(42)46/h1-20H. The molecule has 0 atom stereocenters. The van der Waals surface area contributed by atoms with Crippen molar-refractivity contribution in [2.45, 2.75) is 0 Å². The largest absolute Gasteiger partial charge is 0.281 e. The van der Waals surface area contributed by atoms with Crippen molar-refractivity contribution >= 4 is 70.0 Å². The topological polar surface area (TPSA) is 110 Å². The zero-order valence-corrected chi connectivity index (χ0v) is 23.9. The van der Waals surface area contributed by atoms with E-state index >= 15 is 0 Å². The van der Waals surface area contributed by atoms with Crippen LogP contribution >= 0.6 is 0 Å². The van der Waals surface area contributed by atoms with Gasteiger partial charge in [0, 0.05) is 0 Å². The number of benzene rings is 2. The van der Waals surface area contributed by atoms with E-state index in [1.807, 2.05) is 48.6 Å². The van der Waals surface area contributed by atoms with E-state index < -0.39 is 23.6 Å². The van der Waals surface area contributed by atoms with E-state index in [2.05, 4.69) is 0 Å². The predicted molar refractivity (Wildman–Crippen MR) is 173 cm³/mol. The second-order valence-corrected chi connectivity index (χ2v) is 11.1. The third-order valence-electron chi connectivity index (χ3n) is 8.32. The molecular weight excluding hydrogens is 580 g/mol. The molecule has 7 heterocycles. The Bertz CT molecular complexity index is 2150. The van der Waals surface area contributed by atoms with Gasteiger partial charge in [0.1, 0.15) is 0 Å². The van der Waals surface area contributed by atoms with E-state index in [0.29, 0.717) is 67.1 Å². The molecule has 8 bridgehead atoms. The second kappa shape index (κ2) is 9.41. The molecule has 0 saturated carbocycles. The van der Waals surface area contributed by atoms with E-state index in [1.165, 1.54) is 0 Å². The van der Waals surface area contributed by atoms with Gasteiger partial charge in [-0.1, -0.05) is 24.3 Å². The van der Waals surface area contributed by atoms with E-state index in [9.17, 15) is 19.2 Å². The minimum atomic E-state index is -0.423. The van der Waals surface area contributed by atoms with Gasteiger partial charge in [-0.05, 0) is 97.1 Å². The van der Waals surface area contributed by atoms with Crippen LogP contribution in [0.2, 0.25) is 0 Å². The summed E-state index contributed by atoms with van der Waals surface area (Å²) in [6.07, 6.45) is 7.28. The van der Waals surface area contributed by atoms with Crippen molar-refractivity contribution in [1.29, 1.82) is 0 Å². The molecule has 10 nitrogen and oxygen atoms in total. The van der Waals surface area contributed by atoms with Gasteiger partial charge in [-0.2, -0.15) is 10.0 Å². The maximum atomic E-state index is 13.5. The molecule has 46 heavy (non-hydrogen) atoms. The van der Waals surface area contributed by atoms with Crippen molar-refractivity contribution in [3.8, 4) is 0 Å². The summed E-state index contributed by atoms with van der Waals surface area (Å²) >= 11 is 0. The van der Waals surface area contributed by atoms with Crippen molar-refractivity contribution in [3.05, 3.63) is 142 Å². The SMILES string of the molecule is O=C1c2ccccc2C(=O)N1n1c2ccc1cc1nc(cc3ccc(cc4nc(c2)C=C4)n3N2C(=O)c3ccccc3C2=O)C=C1. The van der Waals surface area contributed by atoms with Gasteiger partial charge in [0.15, 0.2) is 0 Å². The van der Waals surface area contributed by atoms with Crippen LogP contribution in [0.5, 0.6) is 0 Å². The van der Waals surface area contributed by atoms with Crippen molar-refractivity contribution in [1.82, 2.24) is 19.3 Å². The van der Waals surface area contributed by atoms with Crippen molar-refractivity contribution < 1.29 is 19.2 Å². The summed E-state index contributed by atoms with van der Waals surface area (Å²) in [4.78, 5) is 63.7. The van der Waals surface area contributed by atoms with Crippen LogP contribution in [0.25, 0.3) is 46.4 Å². The number of nitrogens with zero attached hydrogens (tertiary/aromatic N) is 6. The molecule has 5 aromatic rings. The number of imide groups is 2. The second-order valence-electron chi connectivity index (χ2n) is 11.1. The number of aromatic nitrogens is 4. The molecule has 4 aliphatic heterocycles. The number of amides is 4. The molecule has 0 spiro atoms. The number of carbonyl (C=O) groups excluding carboxylic acids is 4. The Labute approximate surface area is 260 Å². The Kier molecular flexibility index (Phi) is 5.27. The van der Waals surface area contributed by atoms with Gasteiger partial charge in [-0.3, -0.25) is 19.2 Å². The smallest absolute Gasteiger partial charge is 0.267 e. The highest BCUT2D eigenvalue weighted by atomic mass is 16.2. The third kappa shape index (κ3) is 3.70. The van der Waals surface area contributed by atoms with Crippen LogP contribution in [0, 0.1) is 0 Å². The first-order valence-electron chi connectivity index (χ1n) is 14.5. The molecule has 3 aromatic heterocycles. The summed E-state index contributed by atoms with van der Waals surface area (Å²) < 4.78 is 3.18. The van der Waals surface area contributed by atoms with E-state index in [4.69, 9.17) is 9.97 Å². The predicted octanol–water partition coefficient (Wildman–Crippen LogP) is 5.47. The molecular formula is C36H20N6O4. The van der Waals surface area contributed by atoms with Crippen molar-refractivity contribution in [2.75, 3.05) is 10.0 Å². The normalized spacial score (nSPS) is 14.9. The third-order valence-corrected chi connectivity index (χ3v) is 8.32. The average molecular weight is 601 g/mol. The van der Waals surface area contributed by atoms with Crippen LogP contribution in [0.3, 0.4) is 0 Å². The lowest BCUT2D eigenvalue weighted by Gasteiger charge is -2.18. The number of carbonyl (C=O) groups is 4. The molecule has 0 radical (unpaired) electrons. The Balaban J connectivity index is 1.29. The van der Waals surface area contributed by atoms with Gasteiger partial charge >= 0.3 is 0 Å². The zero-order chi connectivity index (χ0) is 31.1. The summed E-state index contributed by atoms with van der Waals surface area (Å²) in [7, 11) is 0. The minimum Gasteiger partial charge on any atom is -0.267 e. The van der Waals surface area contributed by atoms with Crippen molar-refractivity contribution in [3.63, 3.8) is 0 Å². The lowest BCUT2D eigenvalue weighted by Crippen LogP contribution is -2.39. The monoisotopic (exact) mass is 600 g/mol. The molecule has 0 aliphatic carbocycles. The first-order valence-corrected chi connectivity index (χ1v) is 14.5. The summed E-state index contributed by atoms with van der Waals surface area (Å²) in [5.41, 5.74) is 5.94. The summed E-state index contributed by atoms with van der Waals surface area (Å²) in [6, 6.07) is 28.0. The van der Waals surface area contributed by atoms with Gasteiger partial charge < -0.3 is 0 Å². The molecule has 10 heteroatoms. The van der Waals surface area contributed by atoms with Crippen molar-refractivity contribution in [2.24, 2.45) is 0 Å². The maximum absolute atomic E-state index is 13.5. The molecule has 4 aliphatic rings. The molecule has 9 rings (SSSR count). The van der Waals surface area contributed by atoms with Crippen LogP contribution in [0.4, 0.5) is 0 Å². The summed E-state index contributed by atoms with van der Waals surface area (Å²) in [6.45, 7) is 0. The fraction of sp³-hybridized carbons (Fsp3) is 0. The van der Waals surface area contributed by atoms with E-state index in [1.54, 1.807) is 82.1 Å². The Morgan fingerprint density at radius 3 is 0.891 bits per heavy atom. The quantitative estimate of drug-likeness (QED) is 0.244. The highest BCUT2D eigenvalue weighted by Gasteiger charge is 2.38. The fourth-order valence-corrected chi connectivity index (χ4v) is 6.25. The average Bonchev–Trinajstić information content (AvgIpc) is 3.92. The molecule has 218 valence electrons. The Morgan fingerprint density at radius 1 is 0.370 bits per heavy atom. The van der Waals surface area contributed by atoms with E-state index in [-0.39, 0.29) is 0 Å². The molecule has 0 N–H and O–H groups in total. The number of rotatable bonds is 2. The summed E-state index contributed by atoms with van der Waals surface area (Å²) in [5.74, 6) is -1.69. The highest BCUT2D eigenvalue weighted by Crippen LogP contribution is 2.28. The zero-order valence-electron chi connectivity index (χ0n) is 23.9. The van der Waals surface area contributed by atoms with Gasteiger partial charge in [-0.15, -0.1) is 0 Å². The van der Waals surface area contributed by atoms with Gasteiger partial charge in [-0.25, -0.2) is 19.3 Å². The Morgan fingerprint density at radius 2 is 0.630 bits per heavy atom. The lowest BCUT2D eigenvalue weighted by molar-refractivity contribution is 0.0875. The molecule has 2 aromatic carbocycles. The van der Waals surface area contributed by atoms with Crippen LogP contribution in [-0.4, -0.2) is 42.9 Å². The number of hydrogen-bond acceptors (Lipinski definition) is 6. The maximum Gasteiger partial charge on any atom is 0.281 e. The number of fused-ring (bicyclic) bond motifs is 10. The van der Waals surface area contributed by atoms with Gasteiger partial charge in [0.2, 0.25) is 0 Å². The number of hydrogen-bond donors (Lipinski definition) is 0. The fourth-order valence-electron chi connectivity index (χ4n) is 6.25. The van der Waals surface area contributed by atoms with E-state index in [0.717, 1.165) is 10.0 Å². The summed E-state index contributed by atoms with van der Waals surface area (Å²) in [5, 5.41) is 2.29. The molecule has 4 amide bonds. The first kappa shape index (κ1) is 25.8. The van der Waals surface area contributed by atoms with Crippen LogP contribution in [0.15, 0.2) is 97.1 Å². The van der Waals surface area contributed by atoms with Crippen LogP contribution in [-0.2, 0) is 0 Å². The van der Waals surface area contributed by atoms with Gasteiger partial charge in [0.05, 0.1) is 67.1 Å². The van der Waals surface area contributed by atoms with Gasteiger partial charge in [0.25, 0.3) is 23.6 Å².